The standard InChI is InChI=1S/C10H17ClN2/c1-8(9(2)11)4-5-10-12-6-7-13(10)3/h6-9H,4-5H2,1-3H3. The van der Waals surface area contributed by atoms with E-state index in [1.807, 2.05) is 26.4 Å². The van der Waals surface area contributed by atoms with Gasteiger partial charge < -0.3 is 4.57 Å². The Balaban J connectivity index is 2.39. The van der Waals surface area contributed by atoms with Crippen molar-refractivity contribution in [1.29, 1.82) is 0 Å². The zero-order valence-electron chi connectivity index (χ0n) is 8.50. The number of hydrogen-bond acceptors (Lipinski definition) is 1. The first-order valence-corrected chi connectivity index (χ1v) is 5.15. The van der Waals surface area contributed by atoms with Crippen LogP contribution in [0.5, 0.6) is 0 Å². The highest BCUT2D eigenvalue weighted by Crippen LogP contribution is 2.15. The van der Waals surface area contributed by atoms with Gasteiger partial charge in [0.25, 0.3) is 0 Å². The van der Waals surface area contributed by atoms with E-state index < -0.39 is 0 Å². The van der Waals surface area contributed by atoms with Crippen molar-refractivity contribution in [1.82, 2.24) is 9.55 Å². The zero-order chi connectivity index (χ0) is 9.84. The zero-order valence-corrected chi connectivity index (χ0v) is 9.25. The van der Waals surface area contributed by atoms with E-state index in [0.717, 1.165) is 18.7 Å². The molecule has 2 nitrogen and oxygen atoms in total. The topological polar surface area (TPSA) is 17.8 Å². The minimum atomic E-state index is 0.250. The van der Waals surface area contributed by atoms with Gasteiger partial charge >= 0.3 is 0 Å². The molecule has 0 aromatic carbocycles. The Morgan fingerprint density at radius 3 is 2.69 bits per heavy atom. The molecule has 0 saturated carbocycles. The Morgan fingerprint density at radius 1 is 1.54 bits per heavy atom. The molecule has 0 bridgehead atoms. The van der Waals surface area contributed by atoms with Gasteiger partial charge in [0.1, 0.15) is 5.82 Å². The Bertz CT molecular complexity index is 255. The average Bonchev–Trinajstić information content (AvgIpc) is 2.47. The van der Waals surface area contributed by atoms with E-state index in [1.165, 1.54) is 0 Å². The molecule has 0 amide bonds. The number of alkyl halides is 1. The van der Waals surface area contributed by atoms with E-state index >= 15 is 0 Å². The number of nitrogens with zero attached hydrogens (tertiary/aromatic N) is 2. The monoisotopic (exact) mass is 200 g/mol. The molecule has 1 aromatic rings. The molecule has 0 N–H and O–H groups in total. The Kier molecular flexibility index (Phi) is 3.79. The molecular weight excluding hydrogens is 184 g/mol. The minimum absolute atomic E-state index is 0.250. The van der Waals surface area contributed by atoms with Gasteiger partial charge in [-0.05, 0) is 19.3 Å². The van der Waals surface area contributed by atoms with Crippen LogP contribution in [-0.2, 0) is 13.5 Å². The summed E-state index contributed by atoms with van der Waals surface area (Å²) in [4.78, 5) is 4.27. The fraction of sp³-hybridized carbons (Fsp3) is 0.700. The van der Waals surface area contributed by atoms with Crippen molar-refractivity contribution in [3.63, 3.8) is 0 Å². The first kappa shape index (κ1) is 10.6. The molecule has 0 aliphatic rings. The Hall–Kier alpha value is -0.500. The number of hydrogen-bond donors (Lipinski definition) is 0. The summed E-state index contributed by atoms with van der Waals surface area (Å²) in [6.07, 6.45) is 5.94. The second-order valence-corrected chi connectivity index (χ2v) is 4.34. The van der Waals surface area contributed by atoms with Crippen LogP contribution in [0, 0.1) is 5.92 Å². The maximum absolute atomic E-state index is 5.98. The third kappa shape index (κ3) is 3.03. The molecule has 1 heterocycles. The highest BCUT2D eigenvalue weighted by Gasteiger charge is 2.10. The molecule has 0 aliphatic carbocycles. The van der Waals surface area contributed by atoms with Gasteiger partial charge in [-0.1, -0.05) is 6.92 Å². The lowest BCUT2D eigenvalue weighted by Gasteiger charge is -2.12. The number of rotatable bonds is 4. The molecule has 0 fully saturated rings. The summed E-state index contributed by atoms with van der Waals surface area (Å²) in [7, 11) is 2.02. The second-order valence-electron chi connectivity index (χ2n) is 3.65. The Labute approximate surface area is 84.9 Å². The maximum atomic E-state index is 5.98. The second kappa shape index (κ2) is 4.66. The number of imidazole rings is 1. The SMILES string of the molecule is CC(Cl)C(C)CCc1nccn1C. The van der Waals surface area contributed by atoms with E-state index in [4.69, 9.17) is 11.6 Å². The molecule has 0 saturated heterocycles. The van der Waals surface area contributed by atoms with E-state index in [1.54, 1.807) is 0 Å². The smallest absolute Gasteiger partial charge is 0.108 e. The number of aromatic nitrogens is 2. The lowest BCUT2D eigenvalue weighted by molar-refractivity contribution is 0.511. The van der Waals surface area contributed by atoms with Gasteiger partial charge in [-0.15, -0.1) is 11.6 Å². The molecule has 0 aliphatic heterocycles. The lowest BCUT2D eigenvalue weighted by Crippen LogP contribution is -2.09. The van der Waals surface area contributed by atoms with Crippen LogP contribution in [-0.4, -0.2) is 14.9 Å². The predicted octanol–water partition coefficient (Wildman–Crippen LogP) is 2.62. The molecule has 13 heavy (non-hydrogen) atoms. The van der Waals surface area contributed by atoms with E-state index in [9.17, 15) is 0 Å². The number of halogens is 1. The van der Waals surface area contributed by atoms with Gasteiger partial charge in [0.15, 0.2) is 0 Å². The van der Waals surface area contributed by atoms with Gasteiger partial charge in [-0.2, -0.15) is 0 Å². The number of aryl methyl sites for hydroxylation is 2. The third-order valence-electron chi connectivity index (χ3n) is 2.53. The van der Waals surface area contributed by atoms with Gasteiger partial charge in [-0.3, -0.25) is 0 Å². The molecule has 2 atom stereocenters. The van der Waals surface area contributed by atoms with Crippen molar-refractivity contribution >= 4 is 11.6 Å². The van der Waals surface area contributed by atoms with Gasteiger partial charge in [-0.25, -0.2) is 4.98 Å². The van der Waals surface area contributed by atoms with E-state index in [-0.39, 0.29) is 5.38 Å². The predicted molar refractivity (Wildman–Crippen MR) is 56.0 cm³/mol. The van der Waals surface area contributed by atoms with E-state index in [0.29, 0.717) is 5.92 Å². The van der Waals surface area contributed by atoms with Gasteiger partial charge in [0, 0.05) is 31.2 Å². The van der Waals surface area contributed by atoms with Crippen LogP contribution >= 0.6 is 11.6 Å². The van der Waals surface area contributed by atoms with Gasteiger partial charge in [0.2, 0.25) is 0 Å². The summed E-state index contributed by atoms with van der Waals surface area (Å²) in [6.45, 7) is 4.23. The molecule has 2 unspecified atom stereocenters. The van der Waals surface area contributed by atoms with Crippen LogP contribution in [0.4, 0.5) is 0 Å². The largest absolute Gasteiger partial charge is 0.338 e. The van der Waals surface area contributed by atoms with E-state index in [2.05, 4.69) is 16.5 Å². The first-order valence-electron chi connectivity index (χ1n) is 4.71. The normalized spacial score (nSPS) is 15.7. The summed E-state index contributed by atoms with van der Waals surface area (Å²) in [5.41, 5.74) is 0. The third-order valence-corrected chi connectivity index (χ3v) is 2.96. The van der Waals surface area contributed by atoms with Crippen molar-refractivity contribution in [3.8, 4) is 0 Å². The average molecular weight is 201 g/mol. The van der Waals surface area contributed by atoms with Crippen LogP contribution in [0.25, 0.3) is 0 Å². The van der Waals surface area contributed by atoms with Crippen molar-refractivity contribution in [2.75, 3.05) is 0 Å². The van der Waals surface area contributed by atoms with Crippen LogP contribution in [0.3, 0.4) is 0 Å². The molecule has 1 aromatic heterocycles. The highest BCUT2D eigenvalue weighted by atomic mass is 35.5. The van der Waals surface area contributed by atoms with Crippen molar-refractivity contribution in [2.45, 2.75) is 32.1 Å². The minimum Gasteiger partial charge on any atom is -0.338 e. The van der Waals surface area contributed by atoms with Crippen molar-refractivity contribution < 1.29 is 0 Å². The van der Waals surface area contributed by atoms with Crippen LogP contribution in [0.1, 0.15) is 26.1 Å². The first-order chi connectivity index (χ1) is 6.11. The summed E-state index contributed by atoms with van der Waals surface area (Å²) in [5.74, 6) is 1.70. The Morgan fingerprint density at radius 2 is 2.23 bits per heavy atom. The fourth-order valence-corrected chi connectivity index (χ4v) is 1.35. The van der Waals surface area contributed by atoms with Gasteiger partial charge in [0.05, 0.1) is 0 Å². The lowest BCUT2D eigenvalue weighted by atomic mass is 10.0. The fourth-order valence-electron chi connectivity index (χ4n) is 1.22. The maximum Gasteiger partial charge on any atom is 0.108 e. The molecule has 0 radical (unpaired) electrons. The van der Waals surface area contributed by atoms with Crippen LogP contribution < -0.4 is 0 Å². The highest BCUT2D eigenvalue weighted by molar-refractivity contribution is 6.20. The molecule has 0 spiro atoms. The van der Waals surface area contributed by atoms with Crippen molar-refractivity contribution in [2.24, 2.45) is 13.0 Å². The summed E-state index contributed by atoms with van der Waals surface area (Å²) in [6, 6.07) is 0. The quantitative estimate of drug-likeness (QED) is 0.684. The van der Waals surface area contributed by atoms with Crippen LogP contribution in [0.2, 0.25) is 0 Å². The summed E-state index contributed by atoms with van der Waals surface area (Å²) < 4.78 is 2.06. The molecular formula is C10H17ClN2. The molecule has 74 valence electrons. The molecule has 1 rings (SSSR count). The van der Waals surface area contributed by atoms with Crippen molar-refractivity contribution in [3.05, 3.63) is 18.2 Å². The summed E-state index contributed by atoms with van der Waals surface area (Å²) >= 11 is 5.98. The summed E-state index contributed by atoms with van der Waals surface area (Å²) in [5, 5.41) is 0.250. The van der Waals surface area contributed by atoms with Crippen LogP contribution in [0.15, 0.2) is 12.4 Å². The molecule has 3 heteroatoms.